The summed E-state index contributed by atoms with van der Waals surface area (Å²) in [5.74, 6) is 0. The van der Waals surface area contributed by atoms with E-state index < -0.39 is 4.92 Å². The van der Waals surface area contributed by atoms with Crippen LogP contribution in [0.3, 0.4) is 0 Å². The number of rotatable bonds is 2. The monoisotopic (exact) mass is 320 g/mol. The van der Waals surface area contributed by atoms with E-state index in [2.05, 4.69) is 0 Å². The number of benzene rings is 2. The van der Waals surface area contributed by atoms with Crippen LogP contribution >= 0.6 is 23.2 Å². The third-order valence-electron chi connectivity index (χ3n) is 3.45. The maximum absolute atomic E-state index is 10.9. The maximum atomic E-state index is 10.9. The Kier molecular flexibility index (Phi) is 3.35. The Hall–Kier alpha value is -2.04. The van der Waals surface area contributed by atoms with Gasteiger partial charge in [0.1, 0.15) is 0 Å². The van der Waals surface area contributed by atoms with Crippen molar-refractivity contribution in [3.05, 3.63) is 62.6 Å². The van der Waals surface area contributed by atoms with Crippen molar-refractivity contribution in [3.8, 4) is 11.3 Å². The molecule has 0 amide bonds. The number of aryl methyl sites for hydroxylation is 1. The Balaban J connectivity index is 2.21. The molecule has 3 aromatic rings. The quantitative estimate of drug-likeness (QED) is 0.489. The molecule has 3 rings (SSSR count). The molecule has 0 N–H and O–H groups in total. The smallest absolute Gasteiger partial charge is 0.270 e. The van der Waals surface area contributed by atoms with Crippen LogP contribution in [0.4, 0.5) is 5.69 Å². The Bertz CT molecular complexity index is 871. The summed E-state index contributed by atoms with van der Waals surface area (Å²) in [4.78, 5) is 10.5. The van der Waals surface area contributed by atoms with Gasteiger partial charge < -0.3 is 4.57 Å². The molecule has 1 heterocycles. The van der Waals surface area contributed by atoms with E-state index in [1.165, 1.54) is 6.07 Å². The SMILES string of the molecule is Cn1c(-c2ccc(Cl)c(Cl)c2)cc2cc([N+](=O)[O-])ccc21. The first-order valence-corrected chi connectivity index (χ1v) is 6.92. The minimum Gasteiger partial charge on any atom is -0.344 e. The first-order valence-electron chi connectivity index (χ1n) is 6.16. The van der Waals surface area contributed by atoms with Crippen molar-refractivity contribution < 1.29 is 4.92 Å². The molecule has 6 heteroatoms. The van der Waals surface area contributed by atoms with Gasteiger partial charge in [0, 0.05) is 35.8 Å². The molecule has 0 saturated carbocycles. The summed E-state index contributed by atoms with van der Waals surface area (Å²) in [7, 11) is 1.91. The Morgan fingerprint density at radius 2 is 1.81 bits per heavy atom. The highest BCUT2D eigenvalue weighted by Gasteiger charge is 2.13. The molecule has 0 spiro atoms. The zero-order valence-corrected chi connectivity index (χ0v) is 12.5. The molecule has 0 aliphatic rings. The average Bonchev–Trinajstić information content (AvgIpc) is 2.78. The lowest BCUT2D eigenvalue weighted by Gasteiger charge is -2.05. The zero-order chi connectivity index (χ0) is 15.1. The largest absolute Gasteiger partial charge is 0.344 e. The molecule has 0 saturated heterocycles. The maximum Gasteiger partial charge on any atom is 0.270 e. The molecule has 2 aromatic carbocycles. The summed E-state index contributed by atoms with van der Waals surface area (Å²) in [5, 5.41) is 12.6. The molecule has 0 aliphatic heterocycles. The Labute approximate surface area is 130 Å². The van der Waals surface area contributed by atoms with Crippen molar-refractivity contribution in [3.63, 3.8) is 0 Å². The van der Waals surface area contributed by atoms with Crippen LogP contribution in [0.15, 0.2) is 42.5 Å². The van der Waals surface area contributed by atoms with Crippen LogP contribution < -0.4 is 0 Å². The van der Waals surface area contributed by atoms with Crippen LogP contribution in [0.1, 0.15) is 0 Å². The van der Waals surface area contributed by atoms with Gasteiger partial charge >= 0.3 is 0 Å². The normalized spacial score (nSPS) is 11.0. The third-order valence-corrected chi connectivity index (χ3v) is 4.19. The van der Waals surface area contributed by atoms with Gasteiger partial charge in [0.25, 0.3) is 5.69 Å². The number of aromatic nitrogens is 1. The van der Waals surface area contributed by atoms with Gasteiger partial charge in [-0.2, -0.15) is 0 Å². The van der Waals surface area contributed by atoms with Crippen molar-refractivity contribution in [2.24, 2.45) is 7.05 Å². The Morgan fingerprint density at radius 3 is 2.48 bits per heavy atom. The fraction of sp³-hybridized carbons (Fsp3) is 0.0667. The molecule has 106 valence electrons. The lowest BCUT2D eigenvalue weighted by molar-refractivity contribution is -0.384. The average molecular weight is 321 g/mol. The van der Waals surface area contributed by atoms with Gasteiger partial charge in [-0.25, -0.2) is 0 Å². The second kappa shape index (κ2) is 5.06. The zero-order valence-electron chi connectivity index (χ0n) is 11.0. The molecule has 0 atom stereocenters. The van der Waals surface area contributed by atoms with E-state index in [-0.39, 0.29) is 5.69 Å². The molecule has 0 bridgehead atoms. The second-order valence-corrected chi connectivity index (χ2v) is 5.53. The summed E-state index contributed by atoms with van der Waals surface area (Å²) < 4.78 is 1.97. The standard InChI is InChI=1S/C15H10Cl2N2O2/c1-18-14-5-3-11(19(20)21)6-10(14)8-15(18)9-2-4-12(16)13(17)7-9/h2-8H,1H3. The van der Waals surface area contributed by atoms with Crippen molar-refractivity contribution >= 4 is 39.8 Å². The number of nitro groups is 1. The van der Waals surface area contributed by atoms with Crippen LogP contribution in [-0.2, 0) is 7.05 Å². The molecule has 0 radical (unpaired) electrons. The number of nitro benzene ring substituents is 1. The van der Waals surface area contributed by atoms with Crippen LogP contribution in [0.5, 0.6) is 0 Å². The fourth-order valence-electron chi connectivity index (χ4n) is 2.38. The lowest BCUT2D eigenvalue weighted by atomic mass is 10.1. The van der Waals surface area contributed by atoms with Crippen molar-refractivity contribution in [1.29, 1.82) is 0 Å². The third kappa shape index (κ3) is 2.37. The van der Waals surface area contributed by atoms with Crippen LogP contribution in [0.25, 0.3) is 22.2 Å². The topological polar surface area (TPSA) is 48.1 Å². The first kappa shape index (κ1) is 13.9. The molecular formula is C15H10Cl2N2O2. The summed E-state index contributed by atoms with van der Waals surface area (Å²) in [6.45, 7) is 0. The van der Waals surface area contributed by atoms with E-state index in [9.17, 15) is 10.1 Å². The van der Waals surface area contributed by atoms with Gasteiger partial charge in [0.05, 0.1) is 15.0 Å². The van der Waals surface area contributed by atoms with E-state index in [4.69, 9.17) is 23.2 Å². The molecule has 4 nitrogen and oxygen atoms in total. The molecule has 0 aliphatic carbocycles. The number of hydrogen-bond donors (Lipinski definition) is 0. The van der Waals surface area contributed by atoms with Crippen molar-refractivity contribution in [1.82, 2.24) is 4.57 Å². The second-order valence-electron chi connectivity index (χ2n) is 4.72. The highest BCUT2D eigenvalue weighted by atomic mass is 35.5. The fourth-order valence-corrected chi connectivity index (χ4v) is 2.68. The molecule has 21 heavy (non-hydrogen) atoms. The van der Waals surface area contributed by atoms with Crippen molar-refractivity contribution in [2.45, 2.75) is 0 Å². The molecular weight excluding hydrogens is 311 g/mol. The van der Waals surface area contributed by atoms with Crippen LogP contribution in [0.2, 0.25) is 10.0 Å². The van der Waals surface area contributed by atoms with E-state index in [0.29, 0.717) is 10.0 Å². The number of hydrogen-bond acceptors (Lipinski definition) is 2. The van der Waals surface area contributed by atoms with Gasteiger partial charge in [-0.15, -0.1) is 0 Å². The Morgan fingerprint density at radius 1 is 1.05 bits per heavy atom. The molecule has 0 fully saturated rings. The van der Waals surface area contributed by atoms with E-state index >= 15 is 0 Å². The minimum absolute atomic E-state index is 0.0776. The van der Waals surface area contributed by atoms with Crippen LogP contribution in [0, 0.1) is 10.1 Å². The lowest BCUT2D eigenvalue weighted by Crippen LogP contribution is -1.92. The number of non-ortho nitro benzene ring substituents is 1. The van der Waals surface area contributed by atoms with Gasteiger partial charge in [0.2, 0.25) is 0 Å². The molecule has 0 unspecified atom stereocenters. The van der Waals surface area contributed by atoms with Gasteiger partial charge in [0.15, 0.2) is 0 Å². The van der Waals surface area contributed by atoms with Crippen molar-refractivity contribution in [2.75, 3.05) is 0 Å². The van der Waals surface area contributed by atoms with Crippen LogP contribution in [-0.4, -0.2) is 9.49 Å². The number of fused-ring (bicyclic) bond motifs is 1. The number of nitrogens with zero attached hydrogens (tertiary/aromatic N) is 2. The summed E-state index contributed by atoms with van der Waals surface area (Å²) in [5.41, 5.74) is 2.82. The van der Waals surface area contributed by atoms with E-state index in [0.717, 1.165) is 22.2 Å². The summed E-state index contributed by atoms with van der Waals surface area (Å²) >= 11 is 12.0. The minimum atomic E-state index is -0.398. The van der Waals surface area contributed by atoms with E-state index in [1.807, 2.05) is 23.7 Å². The molecule has 1 aromatic heterocycles. The highest BCUT2D eigenvalue weighted by molar-refractivity contribution is 6.42. The first-order chi connectivity index (χ1) is 9.97. The highest BCUT2D eigenvalue weighted by Crippen LogP contribution is 2.32. The van der Waals surface area contributed by atoms with Gasteiger partial charge in [-0.3, -0.25) is 10.1 Å². The summed E-state index contributed by atoms with van der Waals surface area (Å²) in [6.07, 6.45) is 0. The van der Waals surface area contributed by atoms with Gasteiger partial charge in [-0.1, -0.05) is 29.3 Å². The van der Waals surface area contributed by atoms with E-state index in [1.54, 1.807) is 24.3 Å². The predicted molar refractivity (Wildman–Crippen MR) is 85.0 cm³/mol. The van der Waals surface area contributed by atoms with Gasteiger partial charge in [-0.05, 0) is 29.8 Å². The predicted octanol–water partition coefficient (Wildman–Crippen LogP) is 5.06. The summed E-state index contributed by atoms with van der Waals surface area (Å²) in [6, 6.07) is 12.1. The number of halogens is 2.